The topological polar surface area (TPSA) is 21.3 Å². The van der Waals surface area contributed by atoms with E-state index in [0.717, 1.165) is 32.6 Å². The summed E-state index contributed by atoms with van der Waals surface area (Å²) in [5, 5.41) is 3.57. The van der Waals surface area contributed by atoms with Crippen LogP contribution in [0.15, 0.2) is 24.3 Å². The molecular weight excluding hydrogens is 234 g/mol. The van der Waals surface area contributed by atoms with Crippen molar-refractivity contribution in [1.82, 2.24) is 5.32 Å². The monoisotopic (exact) mass is 263 g/mol. The minimum absolute atomic E-state index is 0.459. The standard InChI is InChI=1S/C17H29NO/c1-4-8-15-10-12-16(13-11-15)17(18-5-2)9-7-14-19-6-3/h10-13,17-18H,4-9,14H2,1-3H3. The van der Waals surface area contributed by atoms with E-state index in [1.807, 2.05) is 6.92 Å². The second-order valence-corrected chi connectivity index (χ2v) is 4.94. The van der Waals surface area contributed by atoms with Crippen molar-refractivity contribution in [2.24, 2.45) is 0 Å². The van der Waals surface area contributed by atoms with Gasteiger partial charge in [0.05, 0.1) is 0 Å². The maximum Gasteiger partial charge on any atom is 0.0466 e. The van der Waals surface area contributed by atoms with Gasteiger partial charge in [-0.25, -0.2) is 0 Å². The van der Waals surface area contributed by atoms with E-state index in [1.54, 1.807) is 0 Å². The van der Waals surface area contributed by atoms with E-state index in [9.17, 15) is 0 Å². The van der Waals surface area contributed by atoms with Crippen molar-refractivity contribution in [3.63, 3.8) is 0 Å². The van der Waals surface area contributed by atoms with E-state index in [0.29, 0.717) is 6.04 Å². The zero-order chi connectivity index (χ0) is 13.9. The average Bonchev–Trinajstić information content (AvgIpc) is 2.44. The van der Waals surface area contributed by atoms with E-state index in [-0.39, 0.29) is 0 Å². The van der Waals surface area contributed by atoms with E-state index >= 15 is 0 Å². The number of hydrogen-bond acceptors (Lipinski definition) is 2. The van der Waals surface area contributed by atoms with Crippen LogP contribution >= 0.6 is 0 Å². The van der Waals surface area contributed by atoms with E-state index in [4.69, 9.17) is 4.74 Å². The highest BCUT2D eigenvalue weighted by Gasteiger charge is 2.09. The molecule has 0 fully saturated rings. The Morgan fingerprint density at radius 1 is 1.11 bits per heavy atom. The third-order valence-electron chi connectivity index (χ3n) is 3.36. The fourth-order valence-corrected chi connectivity index (χ4v) is 2.37. The van der Waals surface area contributed by atoms with Crippen molar-refractivity contribution in [3.05, 3.63) is 35.4 Å². The molecule has 0 bridgehead atoms. The summed E-state index contributed by atoms with van der Waals surface area (Å²) in [4.78, 5) is 0. The molecule has 1 aromatic rings. The molecule has 0 saturated heterocycles. The Hall–Kier alpha value is -0.860. The van der Waals surface area contributed by atoms with Gasteiger partial charge in [0.15, 0.2) is 0 Å². The van der Waals surface area contributed by atoms with Gasteiger partial charge in [0.25, 0.3) is 0 Å². The Bertz CT molecular complexity index is 321. The van der Waals surface area contributed by atoms with Crippen LogP contribution in [0.25, 0.3) is 0 Å². The van der Waals surface area contributed by atoms with Gasteiger partial charge in [-0.3, -0.25) is 0 Å². The summed E-state index contributed by atoms with van der Waals surface area (Å²) in [5.41, 5.74) is 2.84. The van der Waals surface area contributed by atoms with E-state index in [1.165, 1.54) is 24.0 Å². The van der Waals surface area contributed by atoms with Gasteiger partial charge in [-0.1, -0.05) is 44.5 Å². The lowest BCUT2D eigenvalue weighted by Gasteiger charge is -2.18. The minimum Gasteiger partial charge on any atom is -0.382 e. The van der Waals surface area contributed by atoms with Crippen molar-refractivity contribution in [2.75, 3.05) is 19.8 Å². The summed E-state index contributed by atoms with van der Waals surface area (Å²) in [6.45, 7) is 9.14. The zero-order valence-corrected chi connectivity index (χ0v) is 12.7. The average molecular weight is 263 g/mol. The Morgan fingerprint density at radius 2 is 1.84 bits per heavy atom. The number of rotatable bonds is 10. The zero-order valence-electron chi connectivity index (χ0n) is 12.7. The number of ether oxygens (including phenoxy) is 1. The van der Waals surface area contributed by atoms with E-state index in [2.05, 4.69) is 43.4 Å². The normalized spacial score (nSPS) is 12.6. The first kappa shape index (κ1) is 16.2. The second kappa shape index (κ2) is 9.99. The summed E-state index contributed by atoms with van der Waals surface area (Å²) >= 11 is 0. The number of nitrogens with one attached hydrogen (secondary N) is 1. The smallest absolute Gasteiger partial charge is 0.0466 e. The molecule has 0 amide bonds. The molecule has 0 saturated carbocycles. The van der Waals surface area contributed by atoms with Gasteiger partial charge >= 0.3 is 0 Å². The largest absolute Gasteiger partial charge is 0.382 e. The molecule has 108 valence electrons. The molecular formula is C17H29NO. The molecule has 1 rings (SSSR count). The molecule has 1 atom stereocenters. The first-order valence-electron chi connectivity index (χ1n) is 7.71. The van der Waals surface area contributed by atoms with Crippen LogP contribution in [-0.2, 0) is 11.2 Å². The van der Waals surface area contributed by atoms with Crippen LogP contribution < -0.4 is 5.32 Å². The SMILES string of the molecule is CCCc1ccc(C(CCCOCC)NCC)cc1. The number of aryl methyl sites for hydroxylation is 1. The Morgan fingerprint density at radius 3 is 2.42 bits per heavy atom. The molecule has 2 heteroatoms. The van der Waals surface area contributed by atoms with Gasteiger partial charge in [0.1, 0.15) is 0 Å². The second-order valence-electron chi connectivity index (χ2n) is 4.94. The fourth-order valence-electron chi connectivity index (χ4n) is 2.37. The predicted octanol–water partition coefficient (Wildman–Crippen LogP) is 4.11. The van der Waals surface area contributed by atoms with Crippen molar-refractivity contribution >= 4 is 0 Å². The van der Waals surface area contributed by atoms with Gasteiger partial charge in [0, 0.05) is 19.3 Å². The maximum absolute atomic E-state index is 5.42. The molecule has 1 N–H and O–H groups in total. The fraction of sp³-hybridized carbons (Fsp3) is 0.647. The van der Waals surface area contributed by atoms with Gasteiger partial charge in [-0.15, -0.1) is 0 Å². The minimum atomic E-state index is 0.459. The molecule has 2 nitrogen and oxygen atoms in total. The van der Waals surface area contributed by atoms with Crippen molar-refractivity contribution < 1.29 is 4.74 Å². The van der Waals surface area contributed by atoms with Gasteiger partial charge in [-0.05, 0) is 43.9 Å². The number of hydrogen-bond donors (Lipinski definition) is 1. The lowest BCUT2D eigenvalue weighted by molar-refractivity contribution is 0.141. The molecule has 0 aliphatic carbocycles. The van der Waals surface area contributed by atoms with Gasteiger partial charge in [-0.2, -0.15) is 0 Å². The highest BCUT2D eigenvalue weighted by Crippen LogP contribution is 2.19. The van der Waals surface area contributed by atoms with Crippen molar-refractivity contribution in [3.8, 4) is 0 Å². The van der Waals surface area contributed by atoms with Crippen LogP contribution in [0.2, 0.25) is 0 Å². The quantitative estimate of drug-likeness (QED) is 0.642. The molecule has 19 heavy (non-hydrogen) atoms. The molecule has 0 aliphatic rings. The molecule has 0 radical (unpaired) electrons. The third-order valence-corrected chi connectivity index (χ3v) is 3.36. The molecule has 0 heterocycles. The lowest BCUT2D eigenvalue weighted by atomic mass is 9.99. The van der Waals surface area contributed by atoms with Crippen LogP contribution in [0, 0.1) is 0 Å². The Labute approximate surface area is 118 Å². The Balaban J connectivity index is 2.53. The van der Waals surface area contributed by atoms with Gasteiger partial charge < -0.3 is 10.1 Å². The van der Waals surface area contributed by atoms with Crippen LogP contribution in [0.5, 0.6) is 0 Å². The van der Waals surface area contributed by atoms with Gasteiger partial charge in [0.2, 0.25) is 0 Å². The third kappa shape index (κ3) is 6.22. The van der Waals surface area contributed by atoms with Crippen molar-refractivity contribution in [2.45, 2.75) is 52.5 Å². The number of benzene rings is 1. The lowest BCUT2D eigenvalue weighted by Crippen LogP contribution is -2.21. The summed E-state index contributed by atoms with van der Waals surface area (Å²) < 4.78 is 5.42. The molecule has 1 aromatic carbocycles. The first-order valence-corrected chi connectivity index (χ1v) is 7.71. The molecule has 0 spiro atoms. The molecule has 0 aromatic heterocycles. The van der Waals surface area contributed by atoms with Crippen LogP contribution in [0.3, 0.4) is 0 Å². The van der Waals surface area contributed by atoms with Crippen molar-refractivity contribution in [1.29, 1.82) is 0 Å². The summed E-state index contributed by atoms with van der Waals surface area (Å²) in [5.74, 6) is 0. The van der Waals surface area contributed by atoms with Crippen LogP contribution in [0.1, 0.15) is 57.2 Å². The highest BCUT2D eigenvalue weighted by molar-refractivity contribution is 5.25. The Kier molecular flexibility index (Phi) is 8.52. The highest BCUT2D eigenvalue weighted by atomic mass is 16.5. The summed E-state index contributed by atoms with van der Waals surface area (Å²) in [6, 6.07) is 9.55. The summed E-state index contributed by atoms with van der Waals surface area (Å²) in [6.07, 6.45) is 4.64. The molecule has 0 aliphatic heterocycles. The van der Waals surface area contributed by atoms with E-state index < -0.39 is 0 Å². The van der Waals surface area contributed by atoms with Crippen LogP contribution in [0.4, 0.5) is 0 Å². The predicted molar refractivity (Wildman–Crippen MR) is 82.6 cm³/mol. The maximum atomic E-state index is 5.42. The molecule has 1 unspecified atom stereocenters. The summed E-state index contributed by atoms with van der Waals surface area (Å²) in [7, 11) is 0. The first-order chi connectivity index (χ1) is 9.31. The van der Waals surface area contributed by atoms with Crippen LogP contribution in [-0.4, -0.2) is 19.8 Å².